The van der Waals surface area contributed by atoms with Crippen LogP contribution in [-0.4, -0.2) is 17.7 Å². The molecule has 20 heavy (non-hydrogen) atoms. The van der Waals surface area contributed by atoms with Gasteiger partial charge in [0, 0.05) is 16.8 Å². The van der Waals surface area contributed by atoms with Crippen LogP contribution in [0.25, 0.3) is 0 Å². The van der Waals surface area contributed by atoms with Crippen LogP contribution in [0.2, 0.25) is 0 Å². The molecule has 1 aromatic carbocycles. The van der Waals surface area contributed by atoms with Crippen molar-refractivity contribution in [2.24, 2.45) is 0 Å². The zero-order valence-corrected chi connectivity index (χ0v) is 12.1. The van der Waals surface area contributed by atoms with E-state index in [1.54, 1.807) is 11.4 Å². The van der Waals surface area contributed by atoms with Crippen molar-refractivity contribution >= 4 is 23.0 Å². The van der Waals surface area contributed by atoms with Crippen LogP contribution in [0.15, 0.2) is 35.7 Å². The van der Waals surface area contributed by atoms with Crippen LogP contribution in [0, 0.1) is 0 Å². The van der Waals surface area contributed by atoms with Crippen molar-refractivity contribution < 1.29 is 14.6 Å². The van der Waals surface area contributed by atoms with E-state index >= 15 is 0 Å². The Morgan fingerprint density at radius 3 is 2.90 bits per heavy atom. The van der Waals surface area contributed by atoms with Gasteiger partial charge in [0.05, 0.1) is 17.9 Å². The van der Waals surface area contributed by atoms with Gasteiger partial charge in [0.2, 0.25) is 0 Å². The number of aromatic carboxylic acids is 1. The summed E-state index contributed by atoms with van der Waals surface area (Å²) >= 11 is 1.44. The SMILES string of the molecule is CCCOc1ccccc1NCc1cc(C(=O)O)cs1. The van der Waals surface area contributed by atoms with Crippen LogP contribution < -0.4 is 10.1 Å². The van der Waals surface area contributed by atoms with Gasteiger partial charge in [-0.05, 0) is 24.6 Å². The fraction of sp³-hybridized carbons (Fsp3) is 0.267. The van der Waals surface area contributed by atoms with E-state index < -0.39 is 5.97 Å². The topological polar surface area (TPSA) is 58.6 Å². The van der Waals surface area contributed by atoms with Crippen molar-refractivity contribution in [2.75, 3.05) is 11.9 Å². The third-order valence-corrected chi connectivity index (χ3v) is 3.64. The normalized spacial score (nSPS) is 10.2. The molecule has 0 aliphatic carbocycles. The van der Waals surface area contributed by atoms with Crippen molar-refractivity contribution in [3.63, 3.8) is 0 Å². The summed E-state index contributed by atoms with van der Waals surface area (Å²) in [5.74, 6) is -0.0662. The van der Waals surface area contributed by atoms with Gasteiger partial charge in [0.15, 0.2) is 0 Å². The van der Waals surface area contributed by atoms with Gasteiger partial charge in [-0.25, -0.2) is 4.79 Å². The molecule has 106 valence electrons. The second kappa shape index (κ2) is 6.96. The predicted octanol–water partition coefficient (Wildman–Crippen LogP) is 3.85. The van der Waals surface area contributed by atoms with E-state index in [-0.39, 0.29) is 0 Å². The number of anilines is 1. The first kappa shape index (κ1) is 14.4. The summed E-state index contributed by atoms with van der Waals surface area (Å²) in [5.41, 5.74) is 1.26. The fourth-order valence-electron chi connectivity index (χ4n) is 1.72. The summed E-state index contributed by atoms with van der Waals surface area (Å²) in [4.78, 5) is 11.8. The molecule has 1 heterocycles. The van der Waals surface area contributed by atoms with E-state index in [9.17, 15) is 4.79 Å². The lowest BCUT2D eigenvalue weighted by Gasteiger charge is -2.12. The molecule has 0 bridgehead atoms. The molecule has 5 heteroatoms. The number of ether oxygens (including phenoxy) is 1. The van der Waals surface area contributed by atoms with E-state index in [0.29, 0.717) is 18.7 Å². The van der Waals surface area contributed by atoms with E-state index in [2.05, 4.69) is 12.2 Å². The van der Waals surface area contributed by atoms with Crippen LogP contribution >= 0.6 is 11.3 Å². The number of carbonyl (C=O) groups is 1. The molecule has 0 saturated heterocycles. The number of hydrogen-bond donors (Lipinski definition) is 2. The van der Waals surface area contributed by atoms with Crippen molar-refractivity contribution in [2.45, 2.75) is 19.9 Å². The molecule has 2 rings (SSSR count). The highest BCUT2D eigenvalue weighted by Gasteiger charge is 2.07. The predicted molar refractivity (Wildman–Crippen MR) is 80.8 cm³/mol. The lowest BCUT2D eigenvalue weighted by molar-refractivity contribution is 0.0697. The zero-order chi connectivity index (χ0) is 14.4. The summed E-state index contributed by atoms with van der Waals surface area (Å²) in [5, 5.41) is 13.8. The molecule has 0 amide bonds. The number of hydrogen-bond acceptors (Lipinski definition) is 4. The number of thiophene rings is 1. The van der Waals surface area contributed by atoms with Crippen molar-refractivity contribution in [1.29, 1.82) is 0 Å². The Morgan fingerprint density at radius 1 is 1.40 bits per heavy atom. The highest BCUT2D eigenvalue weighted by atomic mass is 32.1. The summed E-state index contributed by atoms with van der Waals surface area (Å²) in [7, 11) is 0. The lowest BCUT2D eigenvalue weighted by atomic mass is 10.2. The van der Waals surface area contributed by atoms with Crippen LogP contribution in [0.3, 0.4) is 0 Å². The van der Waals surface area contributed by atoms with E-state index in [1.165, 1.54) is 11.3 Å². The molecule has 2 N–H and O–H groups in total. The van der Waals surface area contributed by atoms with Gasteiger partial charge in [0.25, 0.3) is 0 Å². The highest BCUT2D eigenvalue weighted by Crippen LogP contribution is 2.25. The Labute approximate surface area is 122 Å². The number of nitrogens with one attached hydrogen (secondary N) is 1. The highest BCUT2D eigenvalue weighted by molar-refractivity contribution is 7.10. The molecule has 0 atom stereocenters. The number of benzene rings is 1. The van der Waals surface area contributed by atoms with Crippen LogP contribution in [0.1, 0.15) is 28.6 Å². The Morgan fingerprint density at radius 2 is 2.20 bits per heavy atom. The van der Waals surface area contributed by atoms with Gasteiger partial charge in [0.1, 0.15) is 5.75 Å². The van der Waals surface area contributed by atoms with Crippen molar-refractivity contribution in [3.8, 4) is 5.75 Å². The minimum Gasteiger partial charge on any atom is -0.491 e. The van der Waals surface area contributed by atoms with E-state index in [0.717, 1.165) is 22.7 Å². The number of para-hydroxylation sites is 2. The summed E-state index contributed by atoms with van der Waals surface area (Å²) in [6.45, 7) is 3.33. The number of rotatable bonds is 7. The van der Waals surface area contributed by atoms with Crippen LogP contribution in [0.5, 0.6) is 5.75 Å². The maximum atomic E-state index is 10.8. The molecule has 0 aliphatic heterocycles. The average molecular weight is 291 g/mol. The van der Waals surface area contributed by atoms with Gasteiger partial charge in [-0.2, -0.15) is 0 Å². The van der Waals surface area contributed by atoms with Crippen LogP contribution in [-0.2, 0) is 6.54 Å². The molecular weight excluding hydrogens is 274 g/mol. The molecule has 0 unspecified atom stereocenters. The minimum atomic E-state index is -0.890. The third-order valence-electron chi connectivity index (χ3n) is 2.70. The minimum absolute atomic E-state index is 0.335. The molecule has 0 spiro atoms. The Kier molecular flexibility index (Phi) is 5.01. The lowest BCUT2D eigenvalue weighted by Crippen LogP contribution is -2.02. The molecule has 4 nitrogen and oxygen atoms in total. The average Bonchev–Trinajstić information content (AvgIpc) is 2.93. The second-order valence-corrected chi connectivity index (χ2v) is 5.30. The first-order valence-electron chi connectivity index (χ1n) is 6.47. The molecule has 1 aromatic heterocycles. The van der Waals surface area contributed by atoms with Gasteiger partial charge in [-0.1, -0.05) is 19.1 Å². The maximum Gasteiger partial charge on any atom is 0.336 e. The van der Waals surface area contributed by atoms with Crippen LogP contribution in [0.4, 0.5) is 5.69 Å². The second-order valence-electron chi connectivity index (χ2n) is 4.31. The molecular formula is C15H17NO3S. The van der Waals surface area contributed by atoms with E-state index in [4.69, 9.17) is 9.84 Å². The largest absolute Gasteiger partial charge is 0.491 e. The Balaban J connectivity index is 2.00. The summed E-state index contributed by atoms with van der Waals surface area (Å²) in [6.07, 6.45) is 0.960. The summed E-state index contributed by atoms with van der Waals surface area (Å²) < 4.78 is 5.66. The first-order chi connectivity index (χ1) is 9.70. The smallest absolute Gasteiger partial charge is 0.336 e. The molecule has 0 fully saturated rings. The van der Waals surface area contributed by atoms with Crippen molar-refractivity contribution in [1.82, 2.24) is 0 Å². The molecule has 0 radical (unpaired) electrons. The molecule has 0 saturated carbocycles. The zero-order valence-electron chi connectivity index (χ0n) is 11.3. The summed E-state index contributed by atoms with van der Waals surface area (Å²) in [6, 6.07) is 9.45. The monoisotopic (exact) mass is 291 g/mol. The van der Waals surface area contributed by atoms with Gasteiger partial charge >= 0.3 is 5.97 Å². The fourth-order valence-corrected chi connectivity index (χ4v) is 2.52. The third kappa shape index (κ3) is 3.74. The molecule has 2 aromatic rings. The van der Waals surface area contributed by atoms with Crippen molar-refractivity contribution in [3.05, 3.63) is 46.2 Å². The Bertz CT molecular complexity index is 580. The Hall–Kier alpha value is -2.01. The quantitative estimate of drug-likeness (QED) is 0.813. The number of carboxylic acids is 1. The van der Waals surface area contributed by atoms with Gasteiger partial charge in [-0.3, -0.25) is 0 Å². The van der Waals surface area contributed by atoms with E-state index in [1.807, 2.05) is 24.3 Å². The van der Waals surface area contributed by atoms with Gasteiger partial charge < -0.3 is 15.2 Å². The molecule has 0 aliphatic rings. The first-order valence-corrected chi connectivity index (χ1v) is 7.35. The maximum absolute atomic E-state index is 10.8. The van der Waals surface area contributed by atoms with Gasteiger partial charge in [-0.15, -0.1) is 11.3 Å². The standard InChI is InChI=1S/C15H17NO3S/c1-2-7-19-14-6-4-3-5-13(14)16-9-12-8-11(10-20-12)15(17)18/h3-6,8,10,16H,2,7,9H2,1H3,(H,17,18). The number of carboxylic acid groups (broad SMARTS) is 1.